The zero-order chi connectivity index (χ0) is 11.3. The van der Waals surface area contributed by atoms with E-state index in [2.05, 4.69) is 21.9 Å². The number of nitrogens with two attached hydrogens (primary N) is 3. The van der Waals surface area contributed by atoms with Gasteiger partial charge >= 0.3 is 12.1 Å². The first-order chi connectivity index (χ1) is 5.92. The van der Waals surface area contributed by atoms with Gasteiger partial charge in [0.25, 0.3) is 0 Å². The summed E-state index contributed by atoms with van der Waals surface area (Å²) in [5, 5.41) is 5.40. The molecule has 0 aromatic carbocycles. The van der Waals surface area contributed by atoms with Gasteiger partial charge in [-0.25, -0.2) is 19.8 Å². The highest BCUT2D eigenvalue weighted by Crippen LogP contribution is 1.66. The van der Waals surface area contributed by atoms with Crippen LogP contribution in [0.2, 0.25) is 0 Å². The Kier molecular flexibility index (Phi) is 21.7. The van der Waals surface area contributed by atoms with Crippen LogP contribution in [0.15, 0.2) is 0 Å². The summed E-state index contributed by atoms with van der Waals surface area (Å²) >= 11 is 0. The molecule has 0 bridgehead atoms. The minimum Gasteiger partial charge on any atom is -0.450 e. The Balaban J connectivity index is -0.000000125. The second-order valence-electron chi connectivity index (χ2n) is 1.26. The molecule has 0 aliphatic carbocycles. The predicted molar refractivity (Wildman–Crippen MR) is 43.4 cm³/mol. The Labute approximate surface area is 74.5 Å². The minimum absolute atomic E-state index is 0.356. The zero-order valence-electron chi connectivity index (χ0n) is 7.07. The number of rotatable bonds is 1. The Bertz CT molecular complexity index is 171. The molecule has 0 aliphatic rings. The van der Waals surface area contributed by atoms with Crippen molar-refractivity contribution in [3.63, 3.8) is 0 Å². The summed E-state index contributed by atoms with van der Waals surface area (Å²) < 4.78 is 4.18. The summed E-state index contributed by atoms with van der Waals surface area (Å²) in [6.07, 6.45) is 0.0394. The average Bonchev–Trinajstić information content (AvgIpc) is 1.86. The molecule has 0 aromatic heterocycles. The van der Waals surface area contributed by atoms with Crippen LogP contribution in [0.4, 0.5) is 9.59 Å². The monoisotopic (exact) mass is 192 g/mol. The van der Waals surface area contributed by atoms with Crippen LogP contribution < -0.4 is 17.2 Å². The molecule has 0 atom stereocenters. The van der Waals surface area contributed by atoms with Gasteiger partial charge in [-0.2, -0.15) is 0 Å². The summed E-state index contributed by atoms with van der Waals surface area (Å²) in [6, 6.07) is -0.833. The van der Waals surface area contributed by atoms with E-state index in [1.807, 2.05) is 0 Å². The molecule has 8 heteroatoms. The van der Waals surface area contributed by atoms with E-state index in [0.717, 1.165) is 6.08 Å². The lowest BCUT2D eigenvalue weighted by atomic mass is 10.9. The Hall–Kier alpha value is -2.08. The van der Waals surface area contributed by atoms with E-state index in [-0.39, 0.29) is 0 Å². The standard InChI is InChI=1S/C3H7NO2.CH4N2O.CHNO/c1-2-6-3(4)5;2-1(3)4;2-1-3/h2H2,1H3,(H2,4,5);(H4,2,3,4);2H. The van der Waals surface area contributed by atoms with Gasteiger partial charge in [-0.1, -0.05) is 0 Å². The number of carbonyl (C=O) groups is 2. The Morgan fingerprint density at radius 3 is 1.62 bits per heavy atom. The van der Waals surface area contributed by atoms with Crippen molar-refractivity contribution in [3.05, 3.63) is 0 Å². The maximum absolute atomic E-state index is 9.60. The highest BCUT2D eigenvalue weighted by Gasteiger charge is 1.82. The molecule has 0 fully saturated rings. The SMILES string of the molecule is CCOC(N)=O.N=C=O.NC(N)=O. The van der Waals surface area contributed by atoms with Gasteiger partial charge in [0.15, 0.2) is 0 Å². The number of isocyanates is 1. The van der Waals surface area contributed by atoms with Crippen molar-refractivity contribution in [2.75, 3.05) is 6.61 Å². The minimum atomic E-state index is -0.833. The third kappa shape index (κ3) is 735. The van der Waals surface area contributed by atoms with Crippen LogP contribution in [0.25, 0.3) is 0 Å². The number of hydrogen-bond acceptors (Lipinski definition) is 5. The first-order valence-electron chi connectivity index (χ1n) is 2.93. The quantitative estimate of drug-likeness (QED) is 0.310. The largest absolute Gasteiger partial charge is 0.450 e. The average molecular weight is 192 g/mol. The fourth-order valence-corrected chi connectivity index (χ4v) is 0.142. The number of amides is 3. The van der Waals surface area contributed by atoms with Crippen LogP contribution >= 0.6 is 0 Å². The topological polar surface area (TPSA) is 162 Å². The summed E-state index contributed by atoms with van der Waals surface area (Å²) in [6.45, 7) is 2.06. The van der Waals surface area contributed by atoms with E-state index < -0.39 is 12.1 Å². The Morgan fingerprint density at radius 2 is 1.62 bits per heavy atom. The molecule has 76 valence electrons. The molecule has 0 aliphatic heterocycles. The van der Waals surface area contributed by atoms with Crippen LogP contribution in [0.5, 0.6) is 0 Å². The van der Waals surface area contributed by atoms with Crippen molar-refractivity contribution in [2.24, 2.45) is 17.2 Å². The fraction of sp³-hybridized carbons (Fsp3) is 0.400. The van der Waals surface area contributed by atoms with Crippen LogP contribution in [0.1, 0.15) is 6.92 Å². The smallest absolute Gasteiger partial charge is 0.404 e. The number of nitrogens with one attached hydrogen (secondary N) is 1. The summed E-state index contributed by atoms with van der Waals surface area (Å²) in [4.78, 5) is 26.9. The van der Waals surface area contributed by atoms with Crippen molar-refractivity contribution in [1.82, 2.24) is 0 Å². The van der Waals surface area contributed by atoms with Gasteiger partial charge in [0.1, 0.15) is 0 Å². The number of hydrogen-bond donors (Lipinski definition) is 4. The zero-order valence-corrected chi connectivity index (χ0v) is 7.07. The van der Waals surface area contributed by atoms with Gasteiger partial charge in [0.2, 0.25) is 6.08 Å². The molecule has 7 N–H and O–H groups in total. The van der Waals surface area contributed by atoms with E-state index in [9.17, 15) is 4.79 Å². The Morgan fingerprint density at radius 1 is 1.38 bits per heavy atom. The molecule has 0 spiro atoms. The molecular formula is C5H12N4O4. The molecule has 0 rings (SSSR count). The first-order valence-corrected chi connectivity index (χ1v) is 2.93. The molecule has 0 saturated carbocycles. The van der Waals surface area contributed by atoms with Gasteiger partial charge in [-0.15, -0.1) is 0 Å². The van der Waals surface area contributed by atoms with Crippen molar-refractivity contribution in [3.8, 4) is 0 Å². The van der Waals surface area contributed by atoms with Crippen molar-refractivity contribution in [1.29, 1.82) is 5.41 Å². The summed E-state index contributed by atoms with van der Waals surface area (Å²) in [5.74, 6) is 0. The molecule has 8 nitrogen and oxygen atoms in total. The molecule has 0 saturated heterocycles. The highest BCUT2D eigenvalue weighted by atomic mass is 16.5. The molecule has 0 unspecified atom stereocenters. The van der Waals surface area contributed by atoms with Crippen molar-refractivity contribution < 1.29 is 19.1 Å². The highest BCUT2D eigenvalue weighted by molar-refractivity contribution is 5.69. The van der Waals surface area contributed by atoms with Gasteiger partial charge in [-0.05, 0) is 6.92 Å². The number of ether oxygens (including phenoxy) is 1. The second kappa shape index (κ2) is 16.5. The number of carbonyl (C=O) groups excluding carboxylic acids is 3. The lowest BCUT2D eigenvalue weighted by molar-refractivity contribution is 0.163. The van der Waals surface area contributed by atoms with Gasteiger partial charge in [-0.3, -0.25) is 0 Å². The van der Waals surface area contributed by atoms with Crippen LogP contribution in [-0.4, -0.2) is 24.8 Å². The van der Waals surface area contributed by atoms with Crippen molar-refractivity contribution in [2.45, 2.75) is 6.92 Å². The molecule has 0 heterocycles. The van der Waals surface area contributed by atoms with Crippen LogP contribution in [0.3, 0.4) is 0 Å². The predicted octanol–water partition coefficient (Wildman–Crippen LogP) is -0.974. The van der Waals surface area contributed by atoms with E-state index in [1.54, 1.807) is 6.92 Å². The van der Waals surface area contributed by atoms with E-state index >= 15 is 0 Å². The van der Waals surface area contributed by atoms with Gasteiger partial charge in [0, 0.05) is 0 Å². The molecule has 0 aromatic rings. The normalized spacial score (nSPS) is 5.92. The first kappa shape index (κ1) is 17.1. The van der Waals surface area contributed by atoms with E-state index in [0.29, 0.717) is 6.61 Å². The van der Waals surface area contributed by atoms with Gasteiger partial charge in [0.05, 0.1) is 6.61 Å². The lowest BCUT2D eigenvalue weighted by Gasteiger charge is -1.89. The van der Waals surface area contributed by atoms with E-state index in [1.165, 1.54) is 0 Å². The van der Waals surface area contributed by atoms with Gasteiger partial charge < -0.3 is 21.9 Å². The summed E-state index contributed by atoms with van der Waals surface area (Å²) in [5.41, 5.74) is 13.0. The third-order valence-corrected chi connectivity index (χ3v) is 0.287. The fourth-order valence-electron chi connectivity index (χ4n) is 0.142. The number of primary amides is 3. The van der Waals surface area contributed by atoms with Crippen molar-refractivity contribution >= 4 is 18.2 Å². The maximum Gasteiger partial charge on any atom is 0.404 e. The number of urea groups is 1. The summed E-state index contributed by atoms with van der Waals surface area (Å²) in [7, 11) is 0. The molecule has 13 heavy (non-hydrogen) atoms. The van der Waals surface area contributed by atoms with E-state index in [4.69, 9.17) is 15.0 Å². The third-order valence-electron chi connectivity index (χ3n) is 0.287. The lowest BCUT2D eigenvalue weighted by Crippen LogP contribution is -2.18. The molecule has 3 amide bonds. The maximum atomic E-state index is 9.60. The van der Waals surface area contributed by atoms with Crippen LogP contribution in [0, 0.1) is 5.41 Å². The second-order valence-corrected chi connectivity index (χ2v) is 1.26. The van der Waals surface area contributed by atoms with Crippen LogP contribution in [-0.2, 0) is 9.53 Å². The molecule has 0 radical (unpaired) electrons. The molecular weight excluding hydrogens is 180 g/mol.